The number of nitrogens with one attached hydrogen (secondary N) is 1. The quantitative estimate of drug-likeness (QED) is 0.620. The third kappa shape index (κ3) is 2.11. The zero-order chi connectivity index (χ0) is 17.1. The van der Waals surface area contributed by atoms with Crippen LogP contribution in [0.1, 0.15) is 37.4 Å². The lowest BCUT2D eigenvalue weighted by molar-refractivity contribution is -0.193. The molecule has 1 fully saturated rings. The van der Waals surface area contributed by atoms with Crippen molar-refractivity contribution in [1.29, 1.82) is 0 Å². The van der Waals surface area contributed by atoms with Crippen molar-refractivity contribution in [3.8, 4) is 0 Å². The number of fused-ring (bicyclic) bond motifs is 4. The number of halogens is 3. The van der Waals surface area contributed by atoms with Gasteiger partial charge in [0.05, 0.1) is 17.8 Å². The van der Waals surface area contributed by atoms with Crippen molar-refractivity contribution in [2.45, 2.75) is 38.8 Å². The lowest BCUT2D eigenvalue weighted by Gasteiger charge is -2.50. The molecule has 1 N–H and O–H groups in total. The second kappa shape index (κ2) is 5.07. The van der Waals surface area contributed by atoms with E-state index in [1.165, 1.54) is 5.57 Å². The molecule has 4 atom stereocenters. The Labute approximate surface area is 138 Å². The molecule has 4 unspecified atom stereocenters. The number of aromatic amines is 1. The minimum absolute atomic E-state index is 0.0974. The predicted octanol–water partition coefficient (Wildman–Crippen LogP) is 4.09. The van der Waals surface area contributed by atoms with Crippen molar-refractivity contribution in [2.75, 3.05) is 0 Å². The van der Waals surface area contributed by atoms with Gasteiger partial charge in [-0.1, -0.05) is 24.1 Å². The van der Waals surface area contributed by atoms with Gasteiger partial charge in [-0.3, -0.25) is 5.10 Å². The van der Waals surface area contributed by atoms with Crippen LogP contribution in [0.5, 0.6) is 0 Å². The third-order valence-electron chi connectivity index (χ3n) is 6.18. The molecule has 24 heavy (non-hydrogen) atoms. The summed E-state index contributed by atoms with van der Waals surface area (Å²) in [5, 5.41) is 7.05. The van der Waals surface area contributed by atoms with Crippen LogP contribution in [0.25, 0.3) is 6.08 Å². The van der Waals surface area contributed by atoms with Gasteiger partial charge in [-0.05, 0) is 43.2 Å². The van der Waals surface area contributed by atoms with Crippen LogP contribution in [0, 0.1) is 23.2 Å². The molecule has 3 aliphatic rings. The van der Waals surface area contributed by atoms with E-state index >= 15 is 0 Å². The van der Waals surface area contributed by atoms with Gasteiger partial charge >= 0.3 is 6.18 Å². The van der Waals surface area contributed by atoms with Crippen LogP contribution >= 0.6 is 0 Å². The lowest BCUT2D eigenvalue weighted by Crippen LogP contribution is -2.45. The van der Waals surface area contributed by atoms with Gasteiger partial charge in [0.1, 0.15) is 6.29 Å². The highest BCUT2D eigenvalue weighted by Gasteiger charge is 2.54. The summed E-state index contributed by atoms with van der Waals surface area (Å²) >= 11 is 0. The van der Waals surface area contributed by atoms with Gasteiger partial charge in [0, 0.05) is 11.3 Å². The molecule has 1 saturated carbocycles. The van der Waals surface area contributed by atoms with E-state index in [2.05, 4.69) is 23.2 Å². The van der Waals surface area contributed by atoms with Gasteiger partial charge in [-0.2, -0.15) is 18.3 Å². The first kappa shape index (κ1) is 15.7. The Hall–Kier alpha value is -1.85. The molecule has 0 spiro atoms. The number of nitrogens with zero attached hydrogens (tertiary/aromatic N) is 1. The maximum absolute atomic E-state index is 13.3. The summed E-state index contributed by atoms with van der Waals surface area (Å²) in [5.74, 6) is -2.82. The highest BCUT2D eigenvalue weighted by molar-refractivity contribution is 5.63. The van der Waals surface area contributed by atoms with E-state index in [-0.39, 0.29) is 17.8 Å². The highest BCUT2D eigenvalue weighted by atomic mass is 19.4. The maximum atomic E-state index is 13.3. The first-order valence-electron chi connectivity index (χ1n) is 8.30. The van der Waals surface area contributed by atoms with Crippen molar-refractivity contribution in [2.24, 2.45) is 23.2 Å². The molecule has 0 bridgehead atoms. The Morgan fingerprint density at radius 1 is 1.42 bits per heavy atom. The van der Waals surface area contributed by atoms with E-state index in [0.29, 0.717) is 12.7 Å². The van der Waals surface area contributed by atoms with E-state index in [1.807, 2.05) is 0 Å². The Morgan fingerprint density at radius 2 is 2.21 bits per heavy atom. The number of H-pyrrole nitrogens is 1. The van der Waals surface area contributed by atoms with Gasteiger partial charge in [0.25, 0.3) is 0 Å². The fraction of sp³-hybridized carbons (Fsp3) is 0.556. The molecule has 3 aliphatic carbocycles. The average molecular weight is 336 g/mol. The average Bonchev–Trinajstić information content (AvgIpc) is 2.96. The number of alkyl halides is 3. The topological polar surface area (TPSA) is 45.8 Å². The van der Waals surface area contributed by atoms with Crippen molar-refractivity contribution in [1.82, 2.24) is 10.2 Å². The van der Waals surface area contributed by atoms with Gasteiger partial charge in [0.15, 0.2) is 0 Å². The van der Waals surface area contributed by atoms with Crippen LogP contribution in [-0.4, -0.2) is 22.7 Å². The van der Waals surface area contributed by atoms with Crippen LogP contribution in [-0.2, 0) is 11.2 Å². The second-order valence-electron chi connectivity index (χ2n) is 7.39. The lowest BCUT2D eigenvalue weighted by atomic mass is 9.54. The maximum Gasteiger partial charge on any atom is 0.392 e. The molecular weight excluding hydrogens is 317 g/mol. The van der Waals surface area contributed by atoms with E-state index in [1.54, 1.807) is 12.3 Å². The molecule has 0 radical (unpaired) electrons. The molecule has 0 aromatic carbocycles. The predicted molar refractivity (Wildman–Crippen MR) is 82.9 cm³/mol. The molecule has 0 amide bonds. The number of rotatable bonds is 1. The first-order chi connectivity index (χ1) is 11.3. The Kier molecular flexibility index (Phi) is 3.31. The van der Waals surface area contributed by atoms with Crippen molar-refractivity contribution >= 4 is 12.4 Å². The SMILES string of the molecule is CC12Cc3cn[nH]c3C=C1CCC1C2=CCC(C(F)(F)F)C1C=O. The summed E-state index contributed by atoms with van der Waals surface area (Å²) in [5.41, 5.74) is 4.04. The summed E-state index contributed by atoms with van der Waals surface area (Å²) in [6.07, 6.45) is 3.83. The fourth-order valence-electron chi connectivity index (χ4n) is 4.94. The van der Waals surface area contributed by atoms with Gasteiger partial charge < -0.3 is 4.79 Å². The summed E-state index contributed by atoms with van der Waals surface area (Å²) in [7, 11) is 0. The van der Waals surface area contributed by atoms with Crippen LogP contribution in [0.4, 0.5) is 13.2 Å². The molecule has 128 valence electrons. The highest BCUT2D eigenvalue weighted by Crippen LogP contribution is 2.58. The monoisotopic (exact) mass is 336 g/mol. The van der Waals surface area contributed by atoms with Crippen molar-refractivity contribution in [3.63, 3.8) is 0 Å². The van der Waals surface area contributed by atoms with Crippen LogP contribution in [0.15, 0.2) is 23.4 Å². The Bertz CT molecular complexity index is 746. The van der Waals surface area contributed by atoms with Gasteiger partial charge in [-0.15, -0.1) is 0 Å². The standard InChI is InChI=1S/C18H19F3N2O/c1-17-7-10-8-22-23-16(10)6-11(17)2-3-12-13(9-24)15(18(19,20)21)5-4-14(12)17/h4,6,8-9,12-13,15H,2-3,5,7H2,1H3,(H,22,23). The molecule has 0 saturated heterocycles. The molecule has 1 aromatic heterocycles. The number of carbonyl (C=O) groups excluding carboxylic acids is 1. The summed E-state index contributed by atoms with van der Waals surface area (Å²) < 4.78 is 39.9. The number of aromatic nitrogens is 2. The molecule has 0 aliphatic heterocycles. The fourth-order valence-corrected chi connectivity index (χ4v) is 4.94. The van der Waals surface area contributed by atoms with Gasteiger partial charge in [0.2, 0.25) is 0 Å². The number of allylic oxidation sites excluding steroid dienone is 3. The molecule has 1 aromatic rings. The van der Waals surface area contributed by atoms with E-state index in [9.17, 15) is 18.0 Å². The first-order valence-corrected chi connectivity index (χ1v) is 8.30. The van der Waals surface area contributed by atoms with E-state index in [4.69, 9.17) is 0 Å². The summed E-state index contributed by atoms with van der Waals surface area (Å²) in [6.45, 7) is 2.10. The normalized spacial score (nSPS) is 35.2. The zero-order valence-corrected chi connectivity index (χ0v) is 13.4. The molecule has 1 heterocycles. The molecule has 3 nitrogen and oxygen atoms in total. The second-order valence-corrected chi connectivity index (χ2v) is 7.39. The number of carbonyl (C=O) groups is 1. The van der Waals surface area contributed by atoms with Crippen molar-refractivity contribution in [3.05, 3.63) is 34.7 Å². The van der Waals surface area contributed by atoms with Crippen LogP contribution in [0.2, 0.25) is 0 Å². The zero-order valence-electron chi connectivity index (χ0n) is 13.4. The van der Waals surface area contributed by atoms with Crippen molar-refractivity contribution < 1.29 is 18.0 Å². The summed E-state index contributed by atoms with van der Waals surface area (Å²) in [6, 6.07) is 0. The van der Waals surface area contributed by atoms with Gasteiger partial charge in [-0.25, -0.2) is 0 Å². The van der Waals surface area contributed by atoms with Crippen LogP contribution in [0.3, 0.4) is 0 Å². The summed E-state index contributed by atoms with van der Waals surface area (Å²) in [4.78, 5) is 11.5. The minimum Gasteiger partial charge on any atom is -0.303 e. The largest absolute Gasteiger partial charge is 0.392 e. The number of hydrogen-bond donors (Lipinski definition) is 1. The van der Waals surface area contributed by atoms with E-state index in [0.717, 1.165) is 29.7 Å². The Balaban J connectivity index is 1.77. The molecular formula is C18H19F3N2O. The minimum atomic E-state index is -4.32. The molecule has 6 heteroatoms. The Morgan fingerprint density at radius 3 is 2.92 bits per heavy atom. The molecule has 4 rings (SSSR count). The number of aldehydes is 1. The third-order valence-corrected chi connectivity index (χ3v) is 6.18. The smallest absolute Gasteiger partial charge is 0.303 e. The van der Waals surface area contributed by atoms with E-state index < -0.39 is 18.0 Å². The van der Waals surface area contributed by atoms with Crippen LogP contribution < -0.4 is 0 Å². The number of hydrogen-bond acceptors (Lipinski definition) is 2.